The van der Waals surface area contributed by atoms with Crippen LogP contribution in [0.15, 0.2) is 28.5 Å². The molecule has 0 saturated heterocycles. The van der Waals surface area contributed by atoms with Gasteiger partial charge in [-0.05, 0) is 24.3 Å². The van der Waals surface area contributed by atoms with E-state index < -0.39 is 10.0 Å². The maximum absolute atomic E-state index is 12.0. The van der Waals surface area contributed by atoms with Crippen LogP contribution in [0.25, 0.3) is 0 Å². The van der Waals surface area contributed by atoms with Crippen LogP contribution in [-0.4, -0.2) is 8.42 Å². The molecule has 0 saturated carbocycles. The Morgan fingerprint density at radius 1 is 1.11 bits per heavy atom. The molecule has 19 heavy (non-hydrogen) atoms. The Labute approximate surface area is 129 Å². The number of anilines is 2. The second-order valence-corrected chi connectivity index (χ2v) is 7.96. The minimum atomic E-state index is -3.71. The molecular formula is C10H7Cl3N2O2S2. The fourth-order valence-corrected chi connectivity index (χ4v) is 4.30. The van der Waals surface area contributed by atoms with Crippen LogP contribution in [0.1, 0.15) is 0 Å². The third kappa shape index (κ3) is 3.27. The molecule has 1 aromatic heterocycles. The number of rotatable bonds is 3. The largest absolute Gasteiger partial charge is 0.396 e. The molecule has 0 unspecified atom stereocenters. The van der Waals surface area contributed by atoms with E-state index in [2.05, 4.69) is 4.72 Å². The van der Waals surface area contributed by atoms with E-state index in [1.165, 1.54) is 24.3 Å². The van der Waals surface area contributed by atoms with E-state index in [1.54, 1.807) is 0 Å². The van der Waals surface area contributed by atoms with Crippen LogP contribution in [0.5, 0.6) is 0 Å². The van der Waals surface area contributed by atoms with Crippen LogP contribution in [0.2, 0.25) is 14.4 Å². The summed E-state index contributed by atoms with van der Waals surface area (Å²) in [5.74, 6) is 0. The first kappa shape index (κ1) is 14.7. The van der Waals surface area contributed by atoms with Crippen molar-refractivity contribution in [3.8, 4) is 0 Å². The van der Waals surface area contributed by atoms with Gasteiger partial charge in [-0.1, -0.05) is 34.8 Å². The van der Waals surface area contributed by atoms with Crippen molar-refractivity contribution >= 4 is 67.5 Å². The molecule has 1 heterocycles. The molecule has 0 spiro atoms. The fourth-order valence-electron chi connectivity index (χ4n) is 1.29. The molecule has 0 bridgehead atoms. The molecule has 4 nitrogen and oxygen atoms in total. The molecule has 0 fully saturated rings. The summed E-state index contributed by atoms with van der Waals surface area (Å²) in [5, 5.41) is 0.351. The van der Waals surface area contributed by atoms with Gasteiger partial charge in [0, 0.05) is 0 Å². The minimum Gasteiger partial charge on any atom is -0.396 e. The van der Waals surface area contributed by atoms with Gasteiger partial charge in [0.1, 0.15) is 4.21 Å². The van der Waals surface area contributed by atoms with Crippen molar-refractivity contribution in [1.29, 1.82) is 0 Å². The van der Waals surface area contributed by atoms with E-state index in [0.29, 0.717) is 4.34 Å². The molecular weight excluding hydrogens is 351 g/mol. The number of nitrogens with one attached hydrogen (secondary N) is 1. The van der Waals surface area contributed by atoms with Crippen LogP contribution in [0.3, 0.4) is 0 Å². The Morgan fingerprint density at radius 3 is 2.16 bits per heavy atom. The Bertz CT molecular complexity index is 705. The third-order valence-electron chi connectivity index (χ3n) is 2.14. The van der Waals surface area contributed by atoms with Gasteiger partial charge in [0.05, 0.1) is 25.8 Å². The van der Waals surface area contributed by atoms with Gasteiger partial charge in [-0.3, -0.25) is 4.72 Å². The van der Waals surface area contributed by atoms with E-state index in [-0.39, 0.29) is 25.6 Å². The monoisotopic (exact) mass is 356 g/mol. The zero-order valence-electron chi connectivity index (χ0n) is 9.15. The van der Waals surface area contributed by atoms with Gasteiger partial charge >= 0.3 is 0 Å². The molecule has 2 rings (SSSR count). The van der Waals surface area contributed by atoms with Gasteiger partial charge in [0.15, 0.2) is 0 Å². The second kappa shape index (κ2) is 5.38. The number of thiophene rings is 1. The van der Waals surface area contributed by atoms with E-state index in [1.807, 2.05) is 0 Å². The molecule has 0 radical (unpaired) electrons. The van der Waals surface area contributed by atoms with Crippen molar-refractivity contribution in [3.63, 3.8) is 0 Å². The second-order valence-electron chi connectivity index (χ2n) is 3.52. The highest BCUT2D eigenvalue weighted by Crippen LogP contribution is 2.33. The lowest BCUT2D eigenvalue weighted by molar-refractivity contribution is 0.603. The highest BCUT2D eigenvalue weighted by Gasteiger charge is 2.17. The number of benzene rings is 1. The van der Waals surface area contributed by atoms with E-state index >= 15 is 0 Å². The predicted molar refractivity (Wildman–Crippen MR) is 81.0 cm³/mol. The Morgan fingerprint density at radius 2 is 1.68 bits per heavy atom. The van der Waals surface area contributed by atoms with Crippen LogP contribution in [0.4, 0.5) is 11.4 Å². The number of sulfonamides is 1. The van der Waals surface area contributed by atoms with Crippen molar-refractivity contribution in [2.24, 2.45) is 0 Å². The van der Waals surface area contributed by atoms with Crippen LogP contribution in [0, 0.1) is 0 Å². The molecule has 0 aliphatic heterocycles. The van der Waals surface area contributed by atoms with Gasteiger partial charge in [-0.15, -0.1) is 11.3 Å². The first-order chi connectivity index (χ1) is 8.79. The fraction of sp³-hybridized carbons (Fsp3) is 0. The quantitative estimate of drug-likeness (QED) is 0.813. The van der Waals surface area contributed by atoms with Gasteiger partial charge < -0.3 is 5.73 Å². The number of nitrogens with two attached hydrogens (primary N) is 1. The lowest BCUT2D eigenvalue weighted by Crippen LogP contribution is -2.11. The first-order valence-electron chi connectivity index (χ1n) is 4.82. The summed E-state index contributed by atoms with van der Waals surface area (Å²) in [4.78, 5) is 0. The SMILES string of the molecule is Nc1c(Cl)cc(NS(=O)(=O)c2ccc(Cl)s2)cc1Cl. The molecule has 0 amide bonds. The Kier molecular flexibility index (Phi) is 4.17. The molecule has 102 valence electrons. The van der Waals surface area contributed by atoms with Crippen molar-refractivity contribution in [1.82, 2.24) is 0 Å². The van der Waals surface area contributed by atoms with Crippen molar-refractivity contribution in [3.05, 3.63) is 38.6 Å². The van der Waals surface area contributed by atoms with E-state index in [4.69, 9.17) is 40.5 Å². The van der Waals surface area contributed by atoms with Gasteiger partial charge in [0.25, 0.3) is 10.0 Å². The Hall–Kier alpha value is -0.660. The lowest BCUT2D eigenvalue weighted by atomic mass is 10.3. The first-order valence-corrected chi connectivity index (χ1v) is 8.25. The summed E-state index contributed by atoms with van der Waals surface area (Å²) in [6.45, 7) is 0. The molecule has 0 atom stereocenters. The number of hydrogen-bond acceptors (Lipinski definition) is 4. The van der Waals surface area contributed by atoms with Crippen LogP contribution in [-0.2, 0) is 10.0 Å². The summed E-state index contributed by atoms with van der Waals surface area (Å²) in [6.07, 6.45) is 0. The Balaban J connectivity index is 2.36. The lowest BCUT2D eigenvalue weighted by Gasteiger charge is -2.09. The summed E-state index contributed by atoms with van der Waals surface area (Å²) >= 11 is 18.3. The average molecular weight is 358 g/mol. The topological polar surface area (TPSA) is 72.2 Å². The van der Waals surface area contributed by atoms with Crippen molar-refractivity contribution < 1.29 is 8.42 Å². The number of nitrogen functional groups attached to an aromatic ring is 1. The molecule has 2 aromatic rings. The van der Waals surface area contributed by atoms with Gasteiger partial charge in [-0.2, -0.15) is 0 Å². The maximum atomic E-state index is 12.0. The summed E-state index contributed by atoms with van der Waals surface area (Å²) in [5.41, 5.74) is 6.00. The molecule has 9 heteroatoms. The van der Waals surface area contributed by atoms with Gasteiger partial charge in [-0.25, -0.2) is 8.42 Å². The van der Waals surface area contributed by atoms with Crippen molar-refractivity contribution in [2.45, 2.75) is 4.21 Å². The smallest absolute Gasteiger partial charge is 0.271 e. The van der Waals surface area contributed by atoms with Gasteiger partial charge in [0.2, 0.25) is 0 Å². The van der Waals surface area contributed by atoms with E-state index in [0.717, 1.165) is 11.3 Å². The minimum absolute atomic E-state index is 0.0987. The summed E-state index contributed by atoms with van der Waals surface area (Å²) in [7, 11) is -3.71. The van der Waals surface area contributed by atoms with Crippen molar-refractivity contribution in [2.75, 3.05) is 10.5 Å². The number of halogens is 3. The summed E-state index contributed by atoms with van der Waals surface area (Å²) < 4.78 is 26.9. The molecule has 0 aliphatic carbocycles. The third-order valence-corrected chi connectivity index (χ3v) is 5.87. The molecule has 0 aliphatic rings. The van der Waals surface area contributed by atoms with E-state index in [9.17, 15) is 8.42 Å². The average Bonchev–Trinajstić information content (AvgIpc) is 2.73. The maximum Gasteiger partial charge on any atom is 0.271 e. The van der Waals surface area contributed by atoms with Crippen LogP contribution >= 0.6 is 46.1 Å². The zero-order chi connectivity index (χ0) is 14.2. The highest BCUT2D eigenvalue weighted by atomic mass is 35.5. The molecule has 1 aromatic carbocycles. The molecule has 3 N–H and O–H groups in total. The zero-order valence-corrected chi connectivity index (χ0v) is 13.1. The van der Waals surface area contributed by atoms with Crippen LogP contribution < -0.4 is 10.5 Å². The normalized spacial score (nSPS) is 11.5. The number of hydrogen-bond donors (Lipinski definition) is 2. The summed E-state index contributed by atoms with van der Waals surface area (Å²) in [6, 6.07) is 5.69. The standard InChI is InChI=1S/C10H7Cl3N2O2S2/c11-6-3-5(4-7(12)10(6)14)15-19(16,17)9-2-1-8(13)18-9/h1-4,15H,14H2. The predicted octanol–water partition coefficient (Wildman–Crippen LogP) is 4.09. The highest BCUT2D eigenvalue weighted by molar-refractivity contribution is 7.94.